The van der Waals surface area contributed by atoms with Crippen LogP contribution in [0.25, 0.3) is 6.08 Å². The summed E-state index contributed by atoms with van der Waals surface area (Å²) in [5.74, 6) is -1.24. The normalized spacial score (nSPS) is 10.8. The van der Waals surface area contributed by atoms with E-state index in [0.29, 0.717) is 27.1 Å². The highest BCUT2D eigenvalue weighted by Crippen LogP contribution is 2.28. The number of halogens is 1. The fourth-order valence-corrected chi connectivity index (χ4v) is 3.68. The Morgan fingerprint density at radius 2 is 1.61 bits per heavy atom. The summed E-state index contributed by atoms with van der Waals surface area (Å²) >= 11 is 3.34. The monoisotopic (exact) mass is 554 g/mol. The second kappa shape index (κ2) is 11.9. The minimum Gasteiger partial charge on any atom is -0.497 e. The van der Waals surface area contributed by atoms with Gasteiger partial charge in [-0.2, -0.15) is 0 Å². The SMILES string of the molecule is COc1ccc(/C=C(/NC(=O)c2ccccc2Br)C(=O)Nc2cc(C(=O)O)ccc2OC)c(OC)c1. The molecule has 0 atom stereocenters. The first kappa shape index (κ1) is 26.3. The van der Waals surface area contributed by atoms with Crippen molar-refractivity contribution < 1.29 is 33.7 Å². The summed E-state index contributed by atoms with van der Waals surface area (Å²) in [6, 6.07) is 15.8. The molecule has 0 fully saturated rings. The molecule has 0 radical (unpaired) electrons. The van der Waals surface area contributed by atoms with E-state index in [0.717, 1.165) is 0 Å². The maximum atomic E-state index is 13.4. The van der Waals surface area contributed by atoms with Crippen molar-refractivity contribution in [2.24, 2.45) is 0 Å². The second-order valence-corrected chi connectivity index (χ2v) is 8.13. The molecule has 0 bridgehead atoms. The van der Waals surface area contributed by atoms with Crippen LogP contribution in [-0.4, -0.2) is 44.2 Å². The molecule has 0 saturated heterocycles. The lowest BCUT2D eigenvalue weighted by atomic mass is 10.1. The molecule has 3 rings (SSSR count). The Hall–Kier alpha value is -4.31. The predicted octanol–water partition coefficient (Wildman–Crippen LogP) is 4.58. The third-order valence-corrected chi connectivity index (χ3v) is 5.74. The summed E-state index contributed by atoms with van der Waals surface area (Å²) < 4.78 is 16.4. The molecule has 0 aromatic heterocycles. The lowest BCUT2D eigenvalue weighted by molar-refractivity contribution is -0.113. The second-order valence-electron chi connectivity index (χ2n) is 7.27. The van der Waals surface area contributed by atoms with E-state index in [2.05, 4.69) is 26.6 Å². The molecular weight excluding hydrogens is 532 g/mol. The van der Waals surface area contributed by atoms with Crippen molar-refractivity contribution in [2.75, 3.05) is 26.6 Å². The number of carboxylic acid groups (broad SMARTS) is 1. The van der Waals surface area contributed by atoms with Crippen LogP contribution in [0.15, 0.2) is 70.8 Å². The topological polar surface area (TPSA) is 123 Å². The number of benzene rings is 3. The van der Waals surface area contributed by atoms with Gasteiger partial charge in [-0.3, -0.25) is 9.59 Å². The van der Waals surface area contributed by atoms with E-state index in [1.165, 1.54) is 45.6 Å². The van der Waals surface area contributed by atoms with Crippen molar-refractivity contribution in [3.63, 3.8) is 0 Å². The molecule has 0 aliphatic rings. The molecular formula is C26H23BrN2O7. The van der Waals surface area contributed by atoms with Crippen molar-refractivity contribution in [1.82, 2.24) is 5.32 Å². The molecule has 0 heterocycles. The number of carboxylic acids is 1. The van der Waals surface area contributed by atoms with Gasteiger partial charge in [-0.15, -0.1) is 0 Å². The van der Waals surface area contributed by atoms with E-state index in [-0.39, 0.29) is 22.7 Å². The number of aromatic carboxylic acids is 1. The standard InChI is InChI=1S/C26H23BrN2O7/c1-34-17-10-8-15(23(14-17)36-3)12-21(29-24(30)18-6-4-5-7-19(18)27)25(31)28-20-13-16(26(32)33)9-11-22(20)35-2/h4-14H,1-3H3,(H,28,31)(H,29,30)(H,32,33)/b21-12+. The highest BCUT2D eigenvalue weighted by Gasteiger charge is 2.19. The molecule has 3 aromatic rings. The molecule has 0 aliphatic carbocycles. The number of carbonyl (C=O) groups is 3. The van der Waals surface area contributed by atoms with Crippen LogP contribution in [0, 0.1) is 0 Å². The summed E-state index contributed by atoms with van der Waals surface area (Å²) in [5, 5.41) is 14.6. The average Bonchev–Trinajstić information content (AvgIpc) is 2.88. The van der Waals surface area contributed by atoms with Gasteiger partial charge in [-0.25, -0.2) is 4.79 Å². The summed E-state index contributed by atoms with van der Waals surface area (Å²) in [4.78, 5) is 37.8. The van der Waals surface area contributed by atoms with E-state index in [1.807, 2.05) is 0 Å². The minimum absolute atomic E-state index is 0.0503. The van der Waals surface area contributed by atoms with Crippen LogP contribution < -0.4 is 24.8 Å². The van der Waals surface area contributed by atoms with Crippen LogP contribution in [0.4, 0.5) is 5.69 Å². The van der Waals surface area contributed by atoms with E-state index in [4.69, 9.17) is 14.2 Å². The van der Waals surface area contributed by atoms with Crippen molar-refractivity contribution in [3.8, 4) is 17.2 Å². The van der Waals surface area contributed by atoms with Crippen LogP contribution in [-0.2, 0) is 4.79 Å². The van der Waals surface area contributed by atoms with Gasteiger partial charge < -0.3 is 30.0 Å². The van der Waals surface area contributed by atoms with Gasteiger partial charge >= 0.3 is 5.97 Å². The number of methoxy groups -OCH3 is 3. The first-order valence-corrected chi connectivity index (χ1v) is 11.3. The number of carbonyl (C=O) groups excluding carboxylic acids is 2. The maximum absolute atomic E-state index is 13.4. The van der Waals surface area contributed by atoms with Crippen LogP contribution in [0.2, 0.25) is 0 Å². The average molecular weight is 555 g/mol. The first-order valence-electron chi connectivity index (χ1n) is 10.5. The smallest absolute Gasteiger partial charge is 0.335 e. The fourth-order valence-electron chi connectivity index (χ4n) is 3.21. The van der Waals surface area contributed by atoms with Gasteiger partial charge in [0, 0.05) is 16.1 Å². The molecule has 10 heteroatoms. The molecule has 2 amide bonds. The zero-order chi connectivity index (χ0) is 26.2. The van der Waals surface area contributed by atoms with E-state index in [1.54, 1.807) is 42.5 Å². The number of nitrogens with one attached hydrogen (secondary N) is 2. The molecule has 0 unspecified atom stereocenters. The molecule has 9 nitrogen and oxygen atoms in total. The fraction of sp³-hybridized carbons (Fsp3) is 0.115. The number of anilines is 1. The number of hydrogen-bond donors (Lipinski definition) is 3. The van der Waals surface area contributed by atoms with Crippen molar-refractivity contribution in [1.29, 1.82) is 0 Å². The Balaban J connectivity index is 2.04. The Morgan fingerprint density at radius 3 is 2.25 bits per heavy atom. The summed E-state index contributed by atoms with van der Waals surface area (Å²) in [7, 11) is 4.37. The van der Waals surface area contributed by atoms with Crippen LogP contribution in [0.3, 0.4) is 0 Å². The quantitative estimate of drug-likeness (QED) is 0.330. The Labute approximate surface area is 215 Å². The summed E-state index contributed by atoms with van der Waals surface area (Å²) in [6.45, 7) is 0. The highest BCUT2D eigenvalue weighted by molar-refractivity contribution is 9.10. The number of hydrogen-bond acceptors (Lipinski definition) is 6. The van der Waals surface area contributed by atoms with E-state index < -0.39 is 17.8 Å². The summed E-state index contributed by atoms with van der Waals surface area (Å²) in [6.07, 6.45) is 1.44. The Morgan fingerprint density at radius 1 is 0.889 bits per heavy atom. The highest BCUT2D eigenvalue weighted by atomic mass is 79.9. The van der Waals surface area contributed by atoms with Crippen molar-refractivity contribution in [2.45, 2.75) is 0 Å². The Bertz CT molecular complexity index is 1340. The molecule has 0 saturated carbocycles. The minimum atomic E-state index is -1.17. The van der Waals surface area contributed by atoms with Gasteiger partial charge in [0.15, 0.2) is 0 Å². The third-order valence-electron chi connectivity index (χ3n) is 5.05. The van der Waals surface area contributed by atoms with Crippen molar-refractivity contribution in [3.05, 3.63) is 87.5 Å². The molecule has 3 aromatic carbocycles. The first-order chi connectivity index (χ1) is 17.3. The largest absolute Gasteiger partial charge is 0.497 e. The molecule has 0 aliphatic heterocycles. The maximum Gasteiger partial charge on any atom is 0.335 e. The third kappa shape index (κ3) is 6.22. The molecule has 0 spiro atoms. The predicted molar refractivity (Wildman–Crippen MR) is 138 cm³/mol. The zero-order valence-corrected chi connectivity index (χ0v) is 21.2. The van der Waals surface area contributed by atoms with Gasteiger partial charge in [-0.05, 0) is 64.5 Å². The lowest BCUT2D eigenvalue weighted by Crippen LogP contribution is -2.31. The lowest BCUT2D eigenvalue weighted by Gasteiger charge is -2.15. The number of rotatable bonds is 9. The van der Waals surface area contributed by atoms with Gasteiger partial charge in [0.1, 0.15) is 22.9 Å². The van der Waals surface area contributed by atoms with Gasteiger partial charge in [0.05, 0.1) is 38.1 Å². The Kier molecular flexibility index (Phi) is 8.69. The summed E-state index contributed by atoms with van der Waals surface area (Å²) in [5.41, 5.74) is 0.739. The van der Waals surface area contributed by atoms with Crippen LogP contribution >= 0.6 is 15.9 Å². The van der Waals surface area contributed by atoms with E-state index in [9.17, 15) is 19.5 Å². The number of amides is 2. The number of ether oxygens (including phenoxy) is 3. The zero-order valence-electron chi connectivity index (χ0n) is 19.6. The molecule has 3 N–H and O–H groups in total. The van der Waals surface area contributed by atoms with Gasteiger partial charge in [-0.1, -0.05) is 12.1 Å². The van der Waals surface area contributed by atoms with E-state index >= 15 is 0 Å². The van der Waals surface area contributed by atoms with Crippen LogP contribution in [0.1, 0.15) is 26.3 Å². The molecule has 186 valence electrons. The van der Waals surface area contributed by atoms with Crippen LogP contribution in [0.5, 0.6) is 17.2 Å². The van der Waals surface area contributed by atoms with Gasteiger partial charge in [0.2, 0.25) is 0 Å². The molecule has 36 heavy (non-hydrogen) atoms. The van der Waals surface area contributed by atoms with Crippen molar-refractivity contribution >= 4 is 45.5 Å². The van der Waals surface area contributed by atoms with Gasteiger partial charge in [0.25, 0.3) is 11.8 Å².